The van der Waals surface area contributed by atoms with E-state index in [0.29, 0.717) is 12.4 Å². The lowest BCUT2D eigenvalue weighted by Crippen LogP contribution is -2.33. The molecule has 5 rings (SSSR count). The molecule has 3 aromatic rings. The molecule has 0 bridgehead atoms. The van der Waals surface area contributed by atoms with Gasteiger partial charge >= 0.3 is 0 Å². The Hall–Kier alpha value is -3.47. The molecule has 0 spiro atoms. The van der Waals surface area contributed by atoms with Crippen molar-refractivity contribution in [3.63, 3.8) is 0 Å². The van der Waals surface area contributed by atoms with Crippen molar-refractivity contribution in [3.8, 4) is 17.2 Å². The number of methoxy groups -OCH3 is 1. The van der Waals surface area contributed by atoms with Crippen LogP contribution in [-0.2, 0) is 0 Å². The summed E-state index contributed by atoms with van der Waals surface area (Å²) in [6.07, 6.45) is 0.505. The second-order valence-electron chi connectivity index (χ2n) is 7.36. The molecule has 2 aliphatic heterocycles. The van der Waals surface area contributed by atoms with E-state index < -0.39 is 0 Å². The van der Waals surface area contributed by atoms with Gasteiger partial charge in [0.05, 0.1) is 25.5 Å². The second kappa shape index (κ2) is 7.75. The van der Waals surface area contributed by atoms with E-state index in [4.69, 9.17) is 19.3 Å². The Labute approximate surface area is 176 Å². The first-order valence-electron chi connectivity index (χ1n) is 10.3. The molecule has 0 aromatic heterocycles. The van der Waals surface area contributed by atoms with Crippen molar-refractivity contribution >= 4 is 5.71 Å². The van der Waals surface area contributed by atoms with E-state index in [2.05, 4.69) is 41.4 Å². The normalized spacial score (nSPS) is 19.4. The average Bonchev–Trinajstić information content (AvgIpc) is 3.25. The van der Waals surface area contributed by atoms with Gasteiger partial charge in [0.2, 0.25) is 6.23 Å². The van der Waals surface area contributed by atoms with Crippen LogP contribution in [0.25, 0.3) is 0 Å². The molecule has 0 radical (unpaired) electrons. The number of benzene rings is 3. The topological polar surface area (TPSA) is 43.3 Å². The molecule has 0 saturated carbocycles. The standard InChI is InChI=1S/C25H24N2O3/c1-3-29-23-14-13-18(15-24(23)28-2)25-27-21(19-11-7-8-12-22(19)30-25)16-20(26-27)17-9-5-4-6-10-17/h4-15,21,25H,3,16H2,1-2H3/t21-,25-/m1/s1. The van der Waals surface area contributed by atoms with Gasteiger partial charge in [0.1, 0.15) is 5.75 Å². The maximum atomic E-state index is 6.44. The van der Waals surface area contributed by atoms with E-state index in [-0.39, 0.29) is 12.3 Å². The molecule has 5 nitrogen and oxygen atoms in total. The van der Waals surface area contributed by atoms with Crippen LogP contribution in [0.15, 0.2) is 77.9 Å². The Morgan fingerprint density at radius 1 is 1.00 bits per heavy atom. The monoisotopic (exact) mass is 400 g/mol. The molecular weight excluding hydrogens is 376 g/mol. The number of hydrazone groups is 1. The van der Waals surface area contributed by atoms with Gasteiger partial charge in [-0.25, -0.2) is 5.01 Å². The number of fused-ring (bicyclic) bond motifs is 3. The molecular formula is C25H24N2O3. The molecule has 0 aliphatic carbocycles. The zero-order valence-corrected chi connectivity index (χ0v) is 17.1. The van der Waals surface area contributed by atoms with Gasteiger partial charge in [-0.3, -0.25) is 0 Å². The molecule has 0 fully saturated rings. The van der Waals surface area contributed by atoms with Crippen LogP contribution in [0.3, 0.4) is 0 Å². The fourth-order valence-electron chi connectivity index (χ4n) is 4.17. The van der Waals surface area contributed by atoms with E-state index in [0.717, 1.165) is 34.8 Å². The van der Waals surface area contributed by atoms with Crippen LogP contribution in [0.2, 0.25) is 0 Å². The summed E-state index contributed by atoms with van der Waals surface area (Å²) in [7, 11) is 1.66. The molecule has 0 N–H and O–H groups in total. The van der Waals surface area contributed by atoms with E-state index in [1.807, 2.05) is 43.3 Å². The molecule has 0 saturated heterocycles. The van der Waals surface area contributed by atoms with Crippen molar-refractivity contribution in [3.05, 3.63) is 89.5 Å². The van der Waals surface area contributed by atoms with Crippen LogP contribution < -0.4 is 14.2 Å². The number of para-hydroxylation sites is 1. The lowest BCUT2D eigenvalue weighted by molar-refractivity contribution is -0.0191. The van der Waals surface area contributed by atoms with Crippen molar-refractivity contribution in [1.82, 2.24) is 5.01 Å². The number of hydrogen-bond donors (Lipinski definition) is 0. The summed E-state index contributed by atoms with van der Waals surface area (Å²) < 4.78 is 17.7. The third kappa shape index (κ3) is 3.16. The Kier molecular flexibility index (Phi) is 4.79. The summed E-state index contributed by atoms with van der Waals surface area (Å²) >= 11 is 0. The summed E-state index contributed by atoms with van der Waals surface area (Å²) in [5.41, 5.74) is 4.37. The second-order valence-corrected chi connectivity index (χ2v) is 7.36. The Bertz CT molecular complexity index is 1080. The lowest BCUT2D eigenvalue weighted by Gasteiger charge is -2.38. The Morgan fingerprint density at radius 2 is 1.80 bits per heavy atom. The molecule has 2 atom stereocenters. The minimum atomic E-state index is -0.337. The average molecular weight is 400 g/mol. The molecule has 152 valence electrons. The summed E-state index contributed by atoms with van der Waals surface area (Å²) in [5, 5.41) is 7.09. The van der Waals surface area contributed by atoms with Gasteiger partial charge < -0.3 is 14.2 Å². The predicted octanol–water partition coefficient (Wildman–Crippen LogP) is 5.34. The summed E-state index contributed by atoms with van der Waals surface area (Å²) in [6.45, 7) is 2.55. The fourth-order valence-corrected chi connectivity index (χ4v) is 4.17. The zero-order chi connectivity index (χ0) is 20.5. The van der Waals surface area contributed by atoms with E-state index in [9.17, 15) is 0 Å². The highest BCUT2D eigenvalue weighted by Gasteiger charge is 2.41. The van der Waals surface area contributed by atoms with Crippen LogP contribution in [0.4, 0.5) is 0 Å². The fraction of sp³-hybridized carbons (Fsp3) is 0.240. The van der Waals surface area contributed by atoms with E-state index in [1.54, 1.807) is 7.11 Å². The van der Waals surface area contributed by atoms with E-state index >= 15 is 0 Å². The molecule has 2 aliphatic rings. The molecule has 30 heavy (non-hydrogen) atoms. The first-order chi connectivity index (χ1) is 14.8. The molecule has 3 aromatic carbocycles. The number of hydrogen-bond acceptors (Lipinski definition) is 5. The minimum Gasteiger partial charge on any atom is -0.493 e. The molecule has 0 unspecified atom stereocenters. The summed E-state index contributed by atoms with van der Waals surface area (Å²) in [5.74, 6) is 2.33. The Morgan fingerprint density at radius 3 is 2.60 bits per heavy atom. The van der Waals surface area contributed by atoms with Crippen molar-refractivity contribution in [1.29, 1.82) is 0 Å². The number of ether oxygens (including phenoxy) is 3. The third-order valence-electron chi connectivity index (χ3n) is 5.58. The minimum absolute atomic E-state index is 0.132. The zero-order valence-electron chi connectivity index (χ0n) is 17.1. The summed E-state index contributed by atoms with van der Waals surface area (Å²) in [6, 6.07) is 24.7. The first kappa shape index (κ1) is 18.6. The van der Waals surface area contributed by atoms with Gasteiger partial charge in [0.15, 0.2) is 11.5 Å². The van der Waals surface area contributed by atoms with Crippen LogP contribution in [0.5, 0.6) is 17.2 Å². The predicted molar refractivity (Wildman–Crippen MR) is 116 cm³/mol. The highest BCUT2D eigenvalue weighted by Crippen LogP contribution is 2.48. The molecule has 5 heteroatoms. The van der Waals surface area contributed by atoms with Gasteiger partial charge in [0.25, 0.3) is 0 Å². The van der Waals surface area contributed by atoms with E-state index in [1.165, 1.54) is 5.56 Å². The van der Waals surface area contributed by atoms with Crippen LogP contribution in [0.1, 0.15) is 42.3 Å². The van der Waals surface area contributed by atoms with Crippen molar-refractivity contribution < 1.29 is 14.2 Å². The number of rotatable bonds is 5. The van der Waals surface area contributed by atoms with Crippen LogP contribution in [0, 0.1) is 0 Å². The highest BCUT2D eigenvalue weighted by atomic mass is 16.5. The van der Waals surface area contributed by atoms with Crippen molar-refractivity contribution in [2.24, 2.45) is 5.10 Å². The molecule has 0 amide bonds. The largest absolute Gasteiger partial charge is 0.493 e. The molecule has 2 heterocycles. The maximum Gasteiger partial charge on any atom is 0.214 e. The van der Waals surface area contributed by atoms with Gasteiger partial charge in [-0.1, -0.05) is 48.5 Å². The van der Waals surface area contributed by atoms with Crippen molar-refractivity contribution in [2.75, 3.05) is 13.7 Å². The van der Waals surface area contributed by atoms with Gasteiger partial charge in [0, 0.05) is 17.5 Å². The smallest absolute Gasteiger partial charge is 0.214 e. The van der Waals surface area contributed by atoms with Crippen LogP contribution >= 0.6 is 0 Å². The van der Waals surface area contributed by atoms with Gasteiger partial charge in [-0.05, 0) is 36.8 Å². The summed E-state index contributed by atoms with van der Waals surface area (Å²) in [4.78, 5) is 0. The van der Waals surface area contributed by atoms with Crippen molar-refractivity contribution in [2.45, 2.75) is 25.6 Å². The lowest BCUT2D eigenvalue weighted by atomic mass is 9.96. The first-order valence-corrected chi connectivity index (χ1v) is 10.3. The quantitative estimate of drug-likeness (QED) is 0.580. The van der Waals surface area contributed by atoms with Gasteiger partial charge in [-0.2, -0.15) is 5.10 Å². The third-order valence-corrected chi connectivity index (χ3v) is 5.58. The number of nitrogens with zero attached hydrogens (tertiary/aromatic N) is 2. The van der Waals surface area contributed by atoms with Crippen LogP contribution in [-0.4, -0.2) is 24.4 Å². The SMILES string of the molecule is CCOc1ccc([C@H]2Oc3ccccc3[C@H]3CC(c4ccccc4)=NN32)cc1OC. The Balaban J connectivity index is 1.57. The maximum absolute atomic E-state index is 6.44. The highest BCUT2D eigenvalue weighted by molar-refractivity contribution is 6.01. The van der Waals surface area contributed by atoms with Gasteiger partial charge in [-0.15, -0.1) is 0 Å².